The molecule has 74 valence electrons. The van der Waals surface area contributed by atoms with E-state index in [0.717, 1.165) is 0 Å². The molecule has 0 aromatic carbocycles. The maximum absolute atomic E-state index is 10.8. The Morgan fingerprint density at radius 1 is 1.54 bits per heavy atom. The summed E-state index contributed by atoms with van der Waals surface area (Å²) in [6, 6.07) is 0.0426. The number of thioether (sulfide) groups is 1. The summed E-state index contributed by atoms with van der Waals surface area (Å²) in [5, 5.41) is 11.6. The average Bonchev–Trinajstić information content (AvgIpc) is 1.94. The van der Waals surface area contributed by atoms with Crippen LogP contribution in [-0.4, -0.2) is 34.0 Å². The molecule has 2 N–H and O–H groups in total. The number of carboxylic acid groups (broad SMARTS) is 1. The zero-order valence-corrected chi connectivity index (χ0v) is 8.48. The molecule has 1 saturated carbocycles. The molecule has 1 aliphatic carbocycles. The van der Waals surface area contributed by atoms with Gasteiger partial charge in [-0.2, -0.15) is 0 Å². The highest BCUT2D eigenvalue weighted by atomic mass is 32.2. The normalized spacial score (nSPS) is 32.0. The van der Waals surface area contributed by atoms with E-state index in [0.29, 0.717) is 12.8 Å². The highest BCUT2D eigenvalue weighted by Crippen LogP contribution is 2.43. The fraction of sp³-hybridized carbons (Fsp3) is 0.750. The third-order valence-corrected chi connectivity index (χ3v) is 3.63. The summed E-state index contributed by atoms with van der Waals surface area (Å²) in [4.78, 5) is 21.5. The SMILES string of the molecule is CSC1(C(=O)O)CC(NC(C)=O)C1. The van der Waals surface area contributed by atoms with Crippen molar-refractivity contribution in [1.29, 1.82) is 0 Å². The standard InChI is InChI=1S/C8H13NO3S/c1-5(10)9-6-3-8(4-6,13-2)7(11)12/h6H,3-4H2,1-2H3,(H,9,10)(H,11,12). The summed E-state index contributed by atoms with van der Waals surface area (Å²) < 4.78 is -0.660. The molecule has 0 bridgehead atoms. The van der Waals surface area contributed by atoms with Gasteiger partial charge in [0.15, 0.2) is 0 Å². The Bertz CT molecular complexity index is 236. The van der Waals surface area contributed by atoms with Crippen LogP contribution in [0.3, 0.4) is 0 Å². The van der Waals surface area contributed by atoms with Crippen molar-refractivity contribution in [2.24, 2.45) is 0 Å². The minimum Gasteiger partial charge on any atom is -0.480 e. The largest absolute Gasteiger partial charge is 0.480 e. The van der Waals surface area contributed by atoms with Crippen LogP contribution < -0.4 is 5.32 Å². The number of carbonyl (C=O) groups excluding carboxylic acids is 1. The molecule has 0 heterocycles. The molecular weight excluding hydrogens is 190 g/mol. The molecule has 1 rings (SSSR count). The third-order valence-electron chi connectivity index (χ3n) is 2.34. The lowest BCUT2D eigenvalue weighted by atomic mass is 9.79. The van der Waals surface area contributed by atoms with Gasteiger partial charge < -0.3 is 10.4 Å². The van der Waals surface area contributed by atoms with Gasteiger partial charge in [-0.1, -0.05) is 0 Å². The fourth-order valence-corrected chi connectivity index (χ4v) is 2.46. The van der Waals surface area contributed by atoms with Gasteiger partial charge in [0.1, 0.15) is 4.75 Å². The lowest BCUT2D eigenvalue weighted by Gasteiger charge is -2.43. The van der Waals surface area contributed by atoms with E-state index in [-0.39, 0.29) is 11.9 Å². The van der Waals surface area contributed by atoms with Crippen molar-refractivity contribution in [1.82, 2.24) is 5.32 Å². The predicted octanol–water partition coefficient (Wildman–Crippen LogP) is 0.471. The Morgan fingerprint density at radius 2 is 2.08 bits per heavy atom. The van der Waals surface area contributed by atoms with Gasteiger partial charge in [-0.25, -0.2) is 0 Å². The molecule has 1 amide bonds. The number of hydrogen-bond donors (Lipinski definition) is 2. The lowest BCUT2D eigenvalue weighted by molar-refractivity contribution is -0.143. The average molecular weight is 203 g/mol. The molecule has 5 heteroatoms. The molecule has 0 unspecified atom stereocenters. The first kappa shape index (κ1) is 10.4. The zero-order valence-electron chi connectivity index (χ0n) is 7.66. The molecule has 13 heavy (non-hydrogen) atoms. The van der Waals surface area contributed by atoms with E-state index >= 15 is 0 Å². The Balaban J connectivity index is 2.45. The molecule has 0 saturated heterocycles. The van der Waals surface area contributed by atoms with Crippen LogP contribution in [-0.2, 0) is 9.59 Å². The Labute approximate surface area is 81.1 Å². The number of carboxylic acids is 1. The summed E-state index contributed by atoms with van der Waals surface area (Å²) in [5.41, 5.74) is 0. The van der Waals surface area contributed by atoms with Gasteiger partial charge >= 0.3 is 5.97 Å². The molecule has 0 aliphatic heterocycles. The van der Waals surface area contributed by atoms with Crippen LogP contribution >= 0.6 is 11.8 Å². The number of carbonyl (C=O) groups is 2. The van der Waals surface area contributed by atoms with Crippen LogP contribution in [0.25, 0.3) is 0 Å². The van der Waals surface area contributed by atoms with Gasteiger partial charge in [0.25, 0.3) is 0 Å². The van der Waals surface area contributed by atoms with Gasteiger partial charge in [0.2, 0.25) is 5.91 Å². The van der Waals surface area contributed by atoms with Crippen LogP contribution in [0.5, 0.6) is 0 Å². The van der Waals surface area contributed by atoms with E-state index in [1.165, 1.54) is 18.7 Å². The van der Waals surface area contributed by atoms with Crippen LogP contribution in [0.2, 0.25) is 0 Å². The molecule has 0 spiro atoms. The van der Waals surface area contributed by atoms with Gasteiger partial charge in [-0.15, -0.1) is 11.8 Å². The first-order valence-electron chi connectivity index (χ1n) is 4.06. The van der Waals surface area contributed by atoms with E-state index in [1.807, 2.05) is 0 Å². The zero-order chi connectivity index (χ0) is 10.1. The summed E-state index contributed by atoms with van der Waals surface area (Å²) in [6.07, 6.45) is 2.85. The summed E-state index contributed by atoms with van der Waals surface area (Å²) in [6.45, 7) is 1.44. The van der Waals surface area contributed by atoms with E-state index < -0.39 is 10.7 Å². The highest BCUT2D eigenvalue weighted by molar-refractivity contribution is 8.00. The molecule has 0 aromatic rings. The Kier molecular flexibility index (Phi) is 2.85. The van der Waals surface area contributed by atoms with E-state index in [9.17, 15) is 9.59 Å². The maximum Gasteiger partial charge on any atom is 0.319 e. The quantitative estimate of drug-likeness (QED) is 0.699. The second-order valence-corrected chi connectivity index (χ2v) is 4.50. The van der Waals surface area contributed by atoms with Gasteiger partial charge in [-0.3, -0.25) is 9.59 Å². The molecule has 0 aromatic heterocycles. The van der Waals surface area contributed by atoms with E-state index in [4.69, 9.17) is 5.11 Å². The number of amides is 1. The molecule has 1 fully saturated rings. The van der Waals surface area contributed by atoms with E-state index in [2.05, 4.69) is 5.32 Å². The topological polar surface area (TPSA) is 66.4 Å². The monoisotopic (exact) mass is 203 g/mol. The van der Waals surface area contributed by atoms with Crippen molar-refractivity contribution >= 4 is 23.6 Å². The fourth-order valence-electron chi connectivity index (χ4n) is 1.55. The van der Waals surface area contributed by atoms with Crippen molar-refractivity contribution in [3.63, 3.8) is 0 Å². The van der Waals surface area contributed by atoms with E-state index in [1.54, 1.807) is 6.26 Å². The highest BCUT2D eigenvalue weighted by Gasteiger charge is 2.50. The van der Waals surface area contributed by atoms with Gasteiger partial charge in [0, 0.05) is 13.0 Å². The number of hydrogen-bond acceptors (Lipinski definition) is 3. The second kappa shape index (κ2) is 3.57. The van der Waals surface area contributed by atoms with Crippen molar-refractivity contribution in [2.75, 3.05) is 6.26 Å². The first-order chi connectivity index (χ1) is 6.00. The van der Waals surface area contributed by atoms with Crippen LogP contribution in [0.1, 0.15) is 19.8 Å². The number of nitrogens with one attached hydrogen (secondary N) is 1. The van der Waals surface area contributed by atoms with Gasteiger partial charge in [0.05, 0.1) is 0 Å². The second-order valence-electron chi connectivity index (χ2n) is 3.31. The first-order valence-corrected chi connectivity index (χ1v) is 5.28. The maximum atomic E-state index is 10.8. The molecular formula is C8H13NO3S. The van der Waals surface area contributed by atoms with Gasteiger partial charge in [-0.05, 0) is 19.1 Å². The predicted molar refractivity (Wildman–Crippen MR) is 50.7 cm³/mol. The molecule has 4 nitrogen and oxygen atoms in total. The van der Waals surface area contributed by atoms with Crippen molar-refractivity contribution in [2.45, 2.75) is 30.6 Å². The summed E-state index contributed by atoms with van der Waals surface area (Å²) in [5.74, 6) is -0.869. The number of aliphatic carboxylic acids is 1. The Morgan fingerprint density at radius 3 is 2.38 bits per heavy atom. The smallest absolute Gasteiger partial charge is 0.319 e. The Hall–Kier alpha value is -0.710. The van der Waals surface area contributed by atoms with Crippen LogP contribution in [0.4, 0.5) is 0 Å². The lowest BCUT2D eigenvalue weighted by Crippen LogP contribution is -2.56. The van der Waals surface area contributed by atoms with Crippen LogP contribution in [0, 0.1) is 0 Å². The number of rotatable bonds is 3. The van der Waals surface area contributed by atoms with Crippen LogP contribution in [0.15, 0.2) is 0 Å². The molecule has 0 atom stereocenters. The molecule has 1 aliphatic rings. The minimum atomic E-state index is -0.776. The summed E-state index contributed by atoms with van der Waals surface area (Å²) >= 11 is 1.35. The molecule has 0 radical (unpaired) electrons. The van der Waals surface area contributed by atoms with Crippen molar-refractivity contribution in [3.05, 3.63) is 0 Å². The third kappa shape index (κ3) is 1.96. The summed E-state index contributed by atoms with van der Waals surface area (Å²) in [7, 11) is 0. The minimum absolute atomic E-state index is 0.0426. The van der Waals surface area contributed by atoms with Crippen molar-refractivity contribution in [3.8, 4) is 0 Å². The van der Waals surface area contributed by atoms with Crippen molar-refractivity contribution < 1.29 is 14.7 Å².